The Bertz CT molecular complexity index is 313. The zero-order chi connectivity index (χ0) is 12.9. The predicted octanol–water partition coefficient (Wildman–Crippen LogP) is -0.474. The summed E-state index contributed by atoms with van der Waals surface area (Å²) >= 11 is 0. The average Bonchev–Trinajstić information content (AvgIpc) is 2.28. The van der Waals surface area contributed by atoms with Gasteiger partial charge in [-0.1, -0.05) is 0 Å². The summed E-state index contributed by atoms with van der Waals surface area (Å²) in [6.07, 6.45) is 1.69. The van der Waals surface area contributed by atoms with Gasteiger partial charge < -0.3 is 10.5 Å². The molecule has 0 radical (unpaired) electrons. The highest BCUT2D eigenvalue weighted by Gasteiger charge is 2.28. The van der Waals surface area contributed by atoms with Crippen LogP contribution in [0.15, 0.2) is 0 Å². The first kappa shape index (κ1) is 14.8. The molecule has 0 amide bonds. The van der Waals surface area contributed by atoms with E-state index in [2.05, 4.69) is 4.72 Å². The molecule has 0 saturated carbocycles. The lowest BCUT2D eigenvalue weighted by Gasteiger charge is -2.31. The molecule has 0 aromatic rings. The van der Waals surface area contributed by atoms with Crippen molar-refractivity contribution in [2.75, 3.05) is 33.4 Å². The van der Waals surface area contributed by atoms with E-state index in [4.69, 9.17) is 10.5 Å². The van der Waals surface area contributed by atoms with Crippen LogP contribution in [0, 0.1) is 5.92 Å². The Balaban J connectivity index is 2.48. The van der Waals surface area contributed by atoms with E-state index in [1.165, 1.54) is 4.31 Å². The second kappa shape index (κ2) is 6.65. The molecule has 1 saturated heterocycles. The summed E-state index contributed by atoms with van der Waals surface area (Å²) in [7, 11) is -1.82. The van der Waals surface area contributed by atoms with E-state index in [-0.39, 0.29) is 6.04 Å². The molecule has 0 aromatic carbocycles. The molecule has 1 heterocycles. The third-order valence-corrected chi connectivity index (χ3v) is 4.76. The van der Waals surface area contributed by atoms with E-state index in [1.807, 2.05) is 0 Å². The average molecular weight is 265 g/mol. The lowest BCUT2D eigenvalue weighted by molar-refractivity contribution is 0.178. The molecular weight excluding hydrogens is 242 g/mol. The molecular formula is C10H23N3O3S. The zero-order valence-corrected chi connectivity index (χ0v) is 11.4. The quantitative estimate of drug-likeness (QED) is 0.680. The van der Waals surface area contributed by atoms with E-state index in [0.717, 1.165) is 12.8 Å². The Hall–Kier alpha value is -0.210. The lowest BCUT2D eigenvalue weighted by atomic mass is 9.99. The number of hydrogen-bond acceptors (Lipinski definition) is 4. The largest absolute Gasteiger partial charge is 0.383 e. The molecule has 1 aliphatic rings. The van der Waals surface area contributed by atoms with Gasteiger partial charge in [0.15, 0.2) is 0 Å². The van der Waals surface area contributed by atoms with Crippen molar-refractivity contribution in [3.8, 4) is 0 Å². The van der Waals surface area contributed by atoms with E-state index < -0.39 is 10.2 Å². The molecule has 0 aromatic heterocycles. The summed E-state index contributed by atoms with van der Waals surface area (Å²) in [5.74, 6) is 0.456. The van der Waals surface area contributed by atoms with Crippen LogP contribution in [-0.2, 0) is 14.9 Å². The molecule has 6 nitrogen and oxygen atoms in total. The molecule has 102 valence electrons. The number of hydrogen-bond donors (Lipinski definition) is 2. The Morgan fingerprint density at radius 2 is 2.06 bits per heavy atom. The Morgan fingerprint density at radius 1 is 1.47 bits per heavy atom. The van der Waals surface area contributed by atoms with Gasteiger partial charge in [-0.05, 0) is 32.2 Å². The van der Waals surface area contributed by atoms with Crippen LogP contribution in [0.2, 0.25) is 0 Å². The van der Waals surface area contributed by atoms with Crippen molar-refractivity contribution in [3.05, 3.63) is 0 Å². The molecule has 1 rings (SSSR count). The normalized spacial score (nSPS) is 21.6. The second-order valence-electron chi connectivity index (χ2n) is 4.56. The minimum Gasteiger partial charge on any atom is -0.383 e. The number of rotatable bonds is 6. The van der Waals surface area contributed by atoms with Crippen LogP contribution >= 0.6 is 0 Å². The van der Waals surface area contributed by atoms with E-state index in [1.54, 1.807) is 14.0 Å². The third-order valence-electron chi connectivity index (χ3n) is 3.01. The summed E-state index contributed by atoms with van der Waals surface area (Å²) in [6.45, 7) is 3.90. The SMILES string of the molecule is COCC(C)NS(=O)(=O)N1CCC(CN)CC1. The van der Waals surface area contributed by atoms with Gasteiger partial charge in [0.05, 0.1) is 6.61 Å². The second-order valence-corrected chi connectivity index (χ2v) is 6.26. The van der Waals surface area contributed by atoms with Crippen molar-refractivity contribution >= 4 is 10.2 Å². The summed E-state index contributed by atoms with van der Waals surface area (Å²) in [4.78, 5) is 0. The van der Waals surface area contributed by atoms with Gasteiger partial charge in [-0.25, -0.2) is 0 Å². The fourth-order valence-electron chi connectivity index (χ4n) is 2.00. The fourth-order valence-corrected chi connectivity index (χ4v) is 3.42. The van der Waals surface area contributed by atoms with Gasteiger partial charge in [-0.3, -0.25) is 0 Å². The van der Waals surface area contributed by atoms with Gasteiger partial charge in [0.25, 0.3) is 10.2 Å². The zero-order valence-electron chi connectivity index (χ0n) is 10.6. The van der Waals surface area contributed by atoms with Gasteiger partial charge in [0, 0.05) is 26.2 Å². The first-order valence-electron chi connectivity index (χ1n) is 5.96. The van der Waals surface area contributed by atoms with E-state index in [9.17, 15) is 8.42 Å². The molecule has 17 heavy (non-hydrogen) atoms. The molecule has 0 aliphatic carbocycles. The molecule has 1 aliphatic heterocycles. The van der Waals surface area contributed by atoms with E-state index in [0.29, 0.717) is 32.2 Å². The minimum atomic E-state index is -3.37. The maximum atomic E-state index is 12.0. The fraction of sp³-hybridized carbons (Fsp3) is 1.00. The molecule has 7 heteroatoms. The first-order chi connectivity index (χ1) is 7.99. The molecule has 3 N–H and O–H groups in total. The summed E-state index contributed by atoms with van der Waals surface area (Å²) in [6, 6.07) is -0.211. The van der Waals surface area contributed by atoms with Crippen LogP contribution in [0.5, 0.6) is 0 Å². The number of ether oxygens (including phenoxy) is 1. The summed E-state index contributed by atoms with van der Waals surface area (Å²) in [5.41, 5.74) is 5.58. The van der Waals surface area contributed by atoms with Crippen LogP contribution in [-0.4, -0.2) is 52.1 Å². The van der Waals surface area contributed by atoms with E-state index >= 15 is 0 Å². The Morgan fingerprint density at radius 3 is 2.53 bits per heavy atom. The molecule has 1 fully saturated rings. The summed E-state index contributed by atoms with van der Waals surface area (Å²) in [5, 5.41) is 0. The monoisotopic (exact) mass is 265 g/mol. The number of nitrogens with zero attached hydrogens (tertiary/aromatic N) is 1. The number of nitrogens with two attached hydrogens (primary N) is 1. The maximum Gasteiger partial charge on any atom is 0.279 e. The molecule has 0 bridgehead atoms. The van der Waals surface area contributed by atoms with Crippen LogP contribution in [0.25, 0.3) is 0 Å². The number of methoxy groups -OCH3 is 1. The van der Waals surface area contributed by atoms with Crippen LogP contribution in [0.1, 0.15) is 19.8 Å². The van der Waals surface area contributed by atoms with Crippen LogP contribution in [0.4, 0.5) is 0 Å². The molecule has 0 spiro atoms. The van der Waals surface area contributed by atoms with Gasteiger partial charge in [0.1, 0.15) is 0 Å². The van der Waals surface area contributed by atoms with Crippen molar-refractivity contribution in [1.29, 1.82) is 0 Å². The lowest BCUT2D eigenvalue weighted by Crippen LogP contribution is -2.49. The van der Waals surface area contributed by atoms with Crippen molar-refractivity contribution < 1.29 is 13.2 Å². The van der Waals surface area contributed by atoms with Crippen LogP contribution < -0.4 is 10.5 Å². The maximum absolute atomic E-state index is 12.0. The van der Waals surface area contributed by atoms with Gasteiger partial charge in [0.2, 0.25) is 0 Å². The minimum absolute atomic E-state index is 0.211. The Labute approximate surface area is 104 Å². The predicted molar refractivity (Wildman–Crippen MR) is 66.7 cm³/mol. The van der Waals surface area contributed by atoms with Gasteiger partial charge in [-0.2, -0.15) is 17.4 Å². The van der Waals surface area contributed by atoms with Crippen LogP contribution in [0.3, 0.4) is 0 Å². The smallest absolute Gasteiger partial charge is 0.279 e. The molecule has 1 unspecified atom stereocenters. The van der Waals surface area contributed by atoms with Crippen molar-refractivity contribution in [3.63, 3.8) is 0 Å². The van der Waals surface area contributed by atoms with Crippen molar-refractivity contribution in [2.45, 2.75) is 25.8 Å². The highest BCUT2D eigenvalue weighted by Crippen LogP contribution is 2.17. The van der Waals surface area contributed by atoms with Gasteiger partial charge in [-0.15, -0.1) is 0 Å². The topological polar surface area (TPSA) is 84.7 Å². The first-order valence-corrected chi connectivity index (χ1v) is 7.40. The third kappa shape index (κ3) is 4.51. The highest BCUT2D eigenvalue weighted by atomic mass is 32.2. The van der Waals surface area contributed by atoms with Crippen molar-refractivity contribution in [1.82, 2.24) is 9.03 Å². The Kier molecular flexibility index (Phi) is 5.81. The number of nitrogens with one attached hydrogen (secondary N) is 1. The highest BCUT2D eigenvalue weighted by molar-refractivity contribution is 7.87. The summed E-state index contributed by atoms with van der Waals surface area (Å²) < 4.78 is 33.0. The standard InChI is InChI=1S/C10H23N3O3S/c1-9(8-16-2)12-17(14,15)13-5-3-10(7-11)4-6-13/h9-10,12H,3-8,11H2,1-2H3. The molecule has 1 atom stereocenters. The van der Waals surface area contributed by atoms with Gasteiger partial charge >= 0.3 is 0 Å². The number of piperidine rings is 1. The van der Waals surface area contributed by atoms with Crippen molar-refractivity contribution in [2.24, 2.45) is 11.7 Å².